The number of nitrogens with two attached hydrogens (primary N) is 1. The zero-order valence-corrected chi connectivity index (χ0v) is 7.84. The summed E-state index contributed by atoms with van der Waals surface area (Å²) in [6, 6.07) is 1.31. The minimum absolute atomic E-state index is 0.0468. The van der Waals surface area contributed by atoms with Crippen LogP contribution >= 0.6 is 11.6 Å². The van der Waals surface area contributed by atoms with Crippen LogP contribution in [0.15, 0.2) is 12.3 Å². The Hall–Kier alpha value is -1.50. The van der Waals surface area contributed by atoms with Crippen molar-refractivity contribution in [3.05, 3.63) is 23.1 Å². The number of nitrogen functional groups attached to an aromatic ring is 1. The summed E-state index contributed by atoms with van der Waals surface area (Å²) in [6.45, 7) is 0. The van der Waals surface area contributed by atoms with Gasteiger partial charge in [0.25, 0.3) is 5.82 Å². The highest BCUT2D eigenvalue weighted by molar-refractivity contribution is 6.30. The number of halogens is 4. The number of nitrogens with zero attached hydrogens (tertiary/aromatic N) is 3. The van der Waals surface area contributed by atoms with Gasteiger partial charge in [0.1, 0.15) is 0 Å². The standard InChI is InChI=1S/C7H4ClF3N4/c8-3-1-4(12)5-13-6(7(9,10)11)14-15(5)2-3/h1-2H,12H2. The monoisotopic (exact) mass is 236 g/mol. The molecule has 0 aliphatic rings. The van der Waals surface area contributed by atoms with Gasteiger partial charge in [-0.05, 0) is 6.07 Å². The molecule has 15 heavy (non-hydrogen) atoms. The highest BCUT2D eigenvalue weighted by Gasteiger charge is 2.36. The Morgan fingerprint density at radius 1 is 1.40 bits per heavy atom. The minimum atomic E-state index is -4.59. The van der Waals surface area contributed by atoms with Gasteiger partial charge in [0.2, 0.25) is 0 Å². The number of fused-ring (bicyclic) bond motifs is 1. The van der Waals surface area contributed by atoms with Gasteiger partial charge in [-0.1, -0.05) is 11.6 Å². The number of rotatable bonds is 0. The molecule has 0 aliphatic heterocycles. The van der Waals surface area contributed by atoms with Crippen molar-refractivity contribution in [1.82, 2.24) is 14.6 Å². The van der Waals surface area contributed by atoms with Gasteiger partial charge in [-0.3, -0.25) is 0 Å². The lowest BCUT2D eigenvalue weighted by molar-refractivity contribution is -0.144. The Balaban J connectivity index is 2.71. The number of hydrogen-bond acceptors (Lipinski definition) is 3. The normalized spacial score (nSPS) is 12.3. The van der Waals surface area contributed by atoms with E-state index < -0.39 is 12.0 Å². The molecule has 0 amide bonds. The molecule has 0 radical (unpaired) electrons. The first-order chi connectivity index (χ1) is 6.88. The summed E-state index contributed by atoms with van der Waals surface area (Å²) in [6.07, 6.45) is -3.39. The predicted octanol–water partition coefficient (Wildman–Crippen LogP) is 1.98. The quantitative estimate of drug-likeness (QED) is 0.761. The molecule has 0 unspecified atom stereocenters. The second kappa shape index (κ2) is 2.99. The van der Waals surface area contributed by atoms with Crippen LogP contribution in [-0.4, -0.2) is 14.6 Å². The summed E-state index contributed by atoms with van der Waals surface area (Å²) in [5.41, 5.74) is 5.42. The topological polar surface area (TPSA) is 56.2 Å². The second-order valence-electron chi connectivity index (χ2n) is 2.82. The van der Waals surface area contributed by atoms with E-state index in [2.05, 4.69) is 10.1 Å². The maximum Gasteiger partial charge on any atom is 0.453 e. The molecule has 0 fully saturated rings. The molecule has 2 aromatic rings. The van der Waals surface area contributed by atoms with Crippen molar-refractivity contribution >= 4 is 22.9 Å². The molecule has 2 heterocycles. The molecule has 0 bridgehead atoms. The zero-order valence-electron chi connectivity index (χ0n) is 7.09. The fourth-order valence-corrected chi connectivity index (χ4v) is 1.31. The summed E-state index contributed by atoms with van der Waals surface area (Å²) in [5, 5.41) is 3.41. The van der Waals surface area contributed by atoms with Crippen LogP contribution in [0.3, 0.4) is 0 Å². The van der Waals surface area contributed by atoms with Gasteiger partial charge >= 0.3 is 6.18 Å². The van der Waals surface area contributed by atoms with Gasteiger partial charge in [-0.15, -0.1) is 5.10 Å². The van der Waals surface area contributed by atoms with E-state index in [0.29, 0.717) is 0 Å². The molecule has 0 spiro atoms. The lowest BCUT2D eigenvalue weighted by Gasteiger charge is -1.96. The molecule has 80 valence electrons. The summed E-state index contributed by atoms with van der Waals surface area (Å²) in [7, 11) is 0. The van der Waals surface area contributed by atoms with Crippen molar-refractivity contribution < 1.29 is 13.2 Å². The minimum Gasteiger partial charge on any atom is -0.396 e. The zero-order chi connectivity index (χ0) is 11.2. The third-order valence-corrected chi connectivity index (χ3v) is 1.89. The molecular weight excluding hydrogens is 233 g/mol. The van der Waals surface area contributed by atoms with Gasteiger partial charge < -0.3 is 5.73 Å². The van der Waals surface area contributed by atoms with Crippen molar-refractivity contribution in [1.29, 1.82) is 0 Å². The summed E-state index contributed by atoms with van der Waals surface area (Å²) in [4.78, 5) is 3.27. The van der Waals surface area contributed by atoms with E-state index in [9.17, 15) is 13.2 Å². The number of pyridine rings is 1. The maximum absolute atomic E-state index is 12.2. The average Bonchev–Trinajstić information content (AvgIpc) is 2.46. The van der Waals surface area contributed by atoms with Crippen LogP contribution in [0.1, 0.15) is 5.82 Å². The van der Waals surface area contributed by atoms with Crippen LogP contribution in [-0.2, 0) is 6.18 Å². The SMILES string of the molecule is Nc1cc(Cl)cn2nc(C(F)(F)F)nc12. The van der Waals surface area contributed by atoms with Gasteiger partial charge in [0.15, 0.2) is 5.65 Å². The van der Waals surface area contributed by atoms with Gasteiger partial charge in [0.05, 0.1) is 10.7 Å². The molecule has 4 nitrogen and oxygen atoms in total. The van der Waals surface area contributed by atoms with Crippen molar-refractivity contribution in [2.45, 2.75) is 6.18 Å². The van der Waals surface area contributed by atoms with Gasteiger partial charge in [0, 0.05) is 6.20 Å². The molecule has 8 heteroatoms. The van der Waals surface area contributed by atoms with Crippen molar-refractivity contribution in [2.24, 2.45) is 0 Å². The summed E-state index contributed by atoms with van der Waals surface area (Å²) in [5.74, 6) is -1.24. The van der Waals surface area contributed by atoms with E-state index in [4.69, 9.17) is 17.3 Å². The number of aromatic nitrogens is 3. The van der Waals surface area contributed by atoms with E-state index in [1.807, 2.05) is 0 Å². The first-order valence-corrected chi connectivity index (χ1v) is 4.14. The third kappa shape index (κ3) is 1.70. The van der Waals surface area contributed by atoms with Crippen LogP contribution in [0.4, 0.5) is 18.9 Å². The Bertz CT molecular complexity index is 519. The lowest BCUT2D eigenvalue weighted by Crippen LogP contribution is -2.07. The average molecular weight is 237 g/mol. The highest BCUT2D eigenvalue weighted by atomic mass is 35.5. The molecule has 0 atom stereocenters. The fraction of sp³-hybridized carbons (Fsp3) is 0.143. The van der Waals surface area contributed by atoms with Crippen molar-refractivity contribution in [3.63, 3.8) is 0 Å². The third-order valence-electron chi connectivity index (χ3n) is 1.68. The largest absolute Gasteiger partial charge is 0.453 e. The van der Waals surface area contributed by atoms with E-state index >= 15 is 0 Å². The summed E-state index contributed by atoms with van der Waals surface area (Å²) >= 11 is 5.60. The van der Waals surface area contributed by atoms with E-state index in [1.54, 1.807) is 0 Å². The Morgan fingerprint density at radius 3 is 2.67 bits per heavy atom. The number of hydrogen-bond donors (Lipinski definition) is 1. The lowest BCUT2D eigenvalue weighted by atomic mass is 10.4. The van der Waals surface area contributed by atoms with Gasteiger partial charge in [-0.2, -0.15) is 13.2 Å². The molecule has 0 aliphatic carbocycles. The number of alkyl halides is 3. The summed E-state index contributed by atoms with van der Waals surface area (Å²) < 4.78 is 37.6. The van der Waals surface area contributed by atoms with Crippen LogP contribution in [0.5, 0.6) is 0 Å². The molecule has 0 saturated heterocycles. The van der Waals surface area contributed by atoms with E-state index in [-0.39, 0.29) is 16.4 Å². The molecule has 0 saturated carbocycles. The first-order valence-electron chi connectivity index (χ1n) is 3.76. The van der Waals surface area contributed by atoms with E-state index in [1.165, 1.54) is 12.3 Å². The Morgan fingerprint density at radius 2 is 2.07 bits per heavy atom. The van der Waals surface area contributed by atoms with Crippen LogP contribution in [0, 0.1) is 0 Å². The van der Waals surface area contributed by atoms with Gasteiger partial charge in [-0.25, -0.2) is 9.50 Å². The maximum atomic E-state index is 12.2. The Labute approximate surface area is 86.5 Å². The van der Waals surface area contributed by atoms with Crippen LogP contribution in [0.25, 0.3) is 5.65 Å². The highest BCUT2D eigenvalue weighted by Crippen LogP contribution is 2.28. The Kier molecular flexibility index (Phi) is 2.00. The molecular formula is C7H4ClF3N4. The second-order valence-corrected chi connectivity index (χ2v) is 3.25. The van der Waals surface area contributed by atoms with E-state index in [0.717, 1.165) is 4.52 Å². The van der Waals surface area contributed by atoms with Crippen molar-refractivity contribution in [2.75, 3.05) is 5.73 Å². The number of anilines is 1. The predicted molar refractivity (Wildman–Crippen MR) is 47.4 cm³/mol. The van der Waals surface area contributed by atoms with Crippen LogP contribution < -0.4 is 5.73 Å². The smallest absolute Gasteiger partial charge is 0.396 e. The van der Waals surface area contributed by atoms with Crippen LogP contribution in [0.2, 0.25) is 5.02 Å². The fourth-order valence-electron chi connectivity index (χ4n) is 1.10. The molecule has 2 N–H and O–H groups in total. The molecule has 2 rings (SSSR count). The first kappa shape index (κ1) is 10.0. The van der Waals surface area contributed by atoms with Crippen molar-refractivity contribution in [3.8, 4) is 0 Å². The molecule has 0 aromatic carbocycles. The molecule has 2 aromatic heterocycles.